The topological polar surface area (TPSA) is 63.6 Å². The normalized spacial score (nSPS) is 16.8. The van der Waals surface area contributed by atoms with Gasteiger partial charge in [0.05, 0.1) is 12.1 Å². The summed E-state index contributed by atoms with van der Waals surface area (Å²) in [5.41, 5.74) is 3.57. The van der Waals surface area contributed by atoms with Crippen LogP contribution in [-0.2, 0) is 6.42 Å². The molecule has 6 heteroatoms. The minimum atomic E-state index is -0.0288. The van der Waals surface area contributed by atoms with Crippen LogP contribution >= 0.6 is 0 Å². The van der Waals surface area contributed by atoms with Gasteiger partial charge >= 0.3 is 0 Å². The lowest BCUT2D eigenvalue weighted by Gasteiger charge is -2.30. The van der Waals surface area contributed by atoms with E-state index in [-0.39, 0.29) is 11.8 Å². The Hall–Kier alpha value is -3.41. The second-order valence-corrected chi connectivity index (χ2v) is 7.97. The molecule has 1 atom stereocenters. The van der Waals surface area contributed by atoms with Gasteiger partial charge < -0.3 is 13.7 Å². The maximum absolute atomic E-state index is 13.1. The van der Waals surface area contributed by atoms with Gasteiger partial charge in [0.2, 0.25) is 0 Å². The lowest BCUT2D eigenvalue weighted by Crippen LogP contribution is -2.39. The number of hydrogen-bond acceptors (Lipinski definition) is 4. The zero-order valence-electron chi connectivity index (χ0n) is 17.0. The van der Waals surface area contributed by atoms with E-state index in [4.69, 9.17) is 4.42 Å². The highest BCUT2D eigenvalue weighted by Gasteiger charge is 2.29. The third-order valence-electron chi connectivity index (χ3n) is 5.75. The fourth-order valence-corrected chi connectivity index (χ4v) is 4.17. The predicted octanol–water partition coefficient (Wildman–Crippen LogP) is 4.24. The number of aromatic nitrogens is 3. The number of imidazole rings is 1. The van der Waals surface area contributed by atoms with Gasteiger partial charge in [-0.2, -0.15) is 0 Å². The molecule has 0 radical (unpaired) electrons. The summed E-state index contributed by atoms with van der Waals surface area (Å²) in [4.78, 5) is 24.1. The average molecular weight is 400 g/mol. The maximum atomic E-state index is 13.1. The molecule has 0 bridgehead atoms. The van der Waals surface area contributed by atoms with Crippen LogP contribution in [0.2, 0.25) is 0 Å². The van der Waals surface area contributed by atoms with Crippen LogP contribution in [0.5, 0.6) is 0 Å². The van der Waals surface area contributed by atoms with Gasteiger partial charge in [0.25, 0.3) is 5.91 Å². The highest BCUT2D eigenvalue weighted by Crippen LogP contribution is 2.28. The number of carbonyl (C=O) groups excluding carboxylic acids is 1. The summed E-state index contributed by atoms with van der Waals surface area (Å²) >= 11 is 0. The van der Waals surface area contributed by atoms with E-state index in [0.717, 1.165) is 48.7 Å². The number of likely N-dealkylation sites (tertiary alicyclic amines) is 1. The molecule has 1 unspecified atom stereocenters. The molecule has 30 heavy (non-hydrogen) atoms. The van der Waals surface area contributed by atoms with Crippen molar-refractivity contribution in [1.82, 2.24) is 19.3 Å². The first kappa shape index (κ1) is 18.6. The van der Waals surface area contributed by atoms with Gasteiger partial charge in [-0.05, 0) is 37.0 Å². The summed E-state index contributed by atoms with van der Waals surface area (Å²) in [5.74, 6) is 1.67. The molecule has 6 nitrogen and oxygen atoms in total. The van der Waals surface area contributed by atoms with Gasteiger partial charge in [-0.3, -0.25) is 4.79 Å². The van der Waals surface area contributed by atoms with Gasteiger partial charge in [0.1, 0.15) is 17.1 Å². The molecular weight excluding hydrogens is 376 g/mol. The second-order valence-electron chi connectivity index (χ2n) is 7.97. The fraction of sp³-hybridized carbons (Fsp3) is 0.292. The Morgan fingerprint density at radius 3 is 2.90 bits per heavy atom. The highest BCUT2D eigenvalue weighted by molar-refractivity contribution is 5.93. The van der Waals surface area contributed by atoms with Crippen molar-refractivity contribution in [2.75, 3.05) is 13.1 Å². The highest BCUT2D eigenvalue weighted by atomic mass is 16.4. The Bertz CT molecular complexity index is 1180. The van der Waals surface area contributed by atoms with Crippen LogP contribution in [0.3, 0.4) is 0 Å². The van der Waals surface area contributed by atoms with Crippen molar-refractivity contribution in [2.24, 2.45) is 0 Å². The molecule has 4 aromatic rings. The van der Waals surface area contributed by atoms with E-state index >= 15 is 0 Å². The second kappa shape index (κ2) is 7.78. The molecule has 152 valence electrons. The molecule has 0 spiro atoms. The zero-order valence-corrected chi connectivity index (χ0v) is 17.0. The molecule has 4 heterocycles. The minimum Gasteiger partial charge on any atom is -0.445 e. The Kier molecular flexibility index (Phi) is 4.83. The molecule has 5 rings (SSSR count). The molecule has 1 aromatic carbocycles. The van der Waals surface area contributed by atoms with E-state index in [1.165, 1.54) is 5.56 Å². The summed E-state index contributed by atoms with van der Waals surface area (Å²) in [7, 11) is 0. The number of aryl methyl sites for hydroxylation is 1. The monoisotopic (exact) mass is 400 g/mol. The summed E-state index contributed by atoms with van der Waals surface area (Å²) in [6.07, 6.45) is 8.18. The van der Waals surface area contributed by atoms with E-state index < -0.39 is 0 Å². The van der Waals surface area contributed by atoms with Crippen molar-refractivity contribution in [3.8, 4) is 0 Å². The molecule has 0 N–H and O–H groups in total. The first-order chi connectivity index (χ1) is 14.7. The number of rotatable bonds is 4. The number of oxazole rings is 1. The molecule has 1 fully saturated rings. The SMILES string of the molecule is Cc1cccn2cc(C(=O)N3CCCC(c4ncc(Cc5ccccc5)o4)C3)nc12. The molecule has 0 aliphatic carbocycles. The van der Waals surface area contributed by atoms with Crippen LogP contribution in [0.15, 0.2) is 65.5 Å². The van der Waals surface area contributed by atoms with Gasteiger partial charge in [0.15, 0.2) is 5.89 Å². The predicted molar refractivity (Wildman–Crippen MR) is 114 cm³/mol. The fourth-order valence-electron chi connectivity index (χ4n) is 4.17. The van der Waals surface area contributed by atoms with E-state index in [0.29, 0.717) is 12.2 Å². The van der Waals surface area contributed by atoms with Crippen molar-refractivity contribution in [2.45, 2.75) is 32.1 Å². The molecule has 3 aromatic heterocycles. The minimum absolute atomic E-state index is 0.0288. The number of piperidine rings is 1. The Balaban J connectivity index is 1.31. The first-order valence-corrected chi connectivity index (χ1v) is 10.4. The van der Waals surface area contributed by atoms with Crippen molar-refractivity contribution in [3.63, 3.8) is 0 Å². The lowest BCUT2D eigenvalue weighted by atomic mass is 9.98. The van der Waals surface area contributed by atoms with Gasteiger partial charge in [0, 0.05) is 31.9 Å². The number of pyridine rings is 1. The van der Waals surface area contributed by atoms with Crippen molar-refractivity contribution in [3.05, 3.63) is 89.5 Å². The Morgan fingerprint density at radius 2 is 2.07 bits per heavy atom. The number of carbonyl (C=O) groups is 1. The molecule has 0 saturated carbocycles. The third-order valence-corrected chi connectivity index (χ3v) is 5.75. The Morgan fingerprint density at radius 1 is 1.20 bits per heavy atom. The lowest BCUT2D eigenvalue weighted by molar-refractivity contribution is 0.0692. The largest absolute Gasteiger partial charge is 0.445 e. The van der Waals surface area contributed by atoms with E-state index in [9.17, 15) is 4.79 Å². The molecular formula is C24H24N4O2. The van der Waals surface area contributed by atoms with Crippen LogP contribution < -0.4 is 0 Å². The summed E-state index contributed by atoms with van der Waals surface area (Å²) in [6.45, 7) is 3.35. The van der Waals surface area contributed by atoms with Crippen molar-refractivity contribution >= 4 is 11.6 Å². The van der Waals surface area contributed by atoms with E-state index in [1.807, 2.05) is 65.1 Å². The number of nitrogens with zero attached hydrogens (tertiary/aromatic N) is 4. The van der Waals surface area contributed by atoms with Crippen molar-refractivity contribution < 1.29 is 9.21 Å². The quantitative estimate of drug-likeness (QED) is 0.514. The smallest absolute Gasteiger partial charge is 0.274 e. The first-order valence-electron chi connectivity index (χ1n) is 10.4. The molecule has 1 amide bonds. The van der Waals surface area contributed by atoms with Crippen molar-refractivity contribution in [1.29, 1.82) is 0 Å². The van der Waals surface area contributed by atoms with Gasteiger partial charge in [-0.15, -0.1) is 0 Å². The zero-order chi connectivity index (χ0) is 20.5. The summed E-state index contributed by atoms with van der Waals surface area (Å²) in [5, 5.41) is 0. The number of hydrogen-bond donors (Lipinski definition) is 0. The van der Waals surface area contributed by atoms with Crippen LogP contribution in [0.1, 0.15) is 52.0 Å². The number of benzene rings is 1. The standard InChI is InChI=1S/C24H24N4O2/c1-17-7-5-11-27-16-21(26-22(17)27)24(29)28-12-6-10-19(15-28)23-25-14-20(30-23)13-18-8-3-2-4-9-18/h2-5,7-9,11,14,16,19H,6,10,12-13,15H2,1H3. The van der Waals surface area contributed by atoms with Crippen LogP contribution in [0.4, 0.5) is 0 Å². The summed E-state index contributed by atoms with van der Waals surface area (Å²) in [6, 6.07) is 14.2. The molecule has 1 aliphatic heterocycles. The third kappa shape index (κ3) is 3.61. The van der Waals surface area contributed by atoms with Gasteiger partial charge in [-0.1, -0.05) is 36.4 Å². The average Bonchev–Trinajstić information content (AvgIpc) is 3.42. The van der Waals surface area contributed by atoms with E-state index in [1.54, 1.807) is 0 Å². The molecule has 1 saturated heterocycles. The van der Waals surface area contributed by atoms with Crippen LogP contribution in [0.25, 0.3) is 5.65 Å². The van der Waals surface area contributed by atoms with E-state index in [2.05, 4.69) is 22.1 Å². The maximum Gasteiger partial charge on any atom is 0.274 e. The molecule has 1 aliphatic rings. The Labute approximate surface area is 175 Å². The number of fused-ring (bicyclic) bond motifs is 1. The van der Waals surface area contributed by atoms with Gasteiger partial charge in [-0.25, -0.2) is 9.97 Å². The van der Waals surface area contributed by atoms with Crippen LogP contribution in [-0.4, -0.2) is 38.3 Å². The number of amides is 1. The summed E-state index contributed by atoms with van der Waals surface area (Å²) < 4.78 is 7.97. The van der Waals surface area contributed by atoms with Crippen LogP contribution in [0, 0.1) is 6.92 Å².